The SMILES string of the molecule is CC/C=C\C/C=C\C/C=C\C/C=C\C/C=C\C/C=C\CCC(=O)OC(COC(=O)CC/C=C\C/C=C\C/C=C\C/C=C\CC)COC(=O)CCCCCCCCCCCCCCCCCCCCCCCCCCCC. The van der Waals surface area contributed by atoms with E-state index in [1.807, 2.05) is 24.3 Å². The van der Waals surface area contributed by atoms with Crippen molar-refractivity contribution in [2.45, 2.75) is 290 Å². The van der Waals surface area contributed by atoms with Crippen molar-refractivity contribution in [1.29, 1.82) is 0 Å². The Hall–Kier alpha value is -4.19. The first-order valence-electron chi connectivity index (χ1n) is 31.5. The number of unbranched alkanes of at least 4 members (excludes halogenated alkanes) is 25. The quantitative estimate of drug-likeness (QED) is 0.0261. The lowest BCUT2D eigenvalue weighted by atomic mass is 10.0. The Morgan fingerprint density at radius 1 is 0.276 bits per heavy atom. The summed E-state index contributed by atoms with van der Waals surface area (Å²) in [5, 5.41) is 0. The van der Waals surface area contributed by atoms with Crippen molar-refractivity contribution in [3.05, 3.63) is 122 Å². The molecule has 0 aromatic heterocycles. The number of allylic oxidation sites excluding steroid dienone is 20. The zero-order chi connectivity index (χ0) is 55.0. The van der Waals surface area contributed by atoms with Gasteiger partial charge < -0.3 is 14.2 Å². The summed E-state index contributed by atoms with van der Waals surface area (Å²) in [6, 6.07) is 0. The molecule has 0 heterocycles. The summed E-state index contributed by atoms with van der Waals surface area (Å²) in [5.41, 5.74) is 0. The van der Waals surface area contributed by atoms with E-state index in [1.54, 1.807) is 0 Å². The molecule has 0 aromatic rings. The summed E-state index contributed by atoms with van der Waals surface area (Å²) in [5.74, 6) is -1.10. The molecular weight excluding hydrogens is 937 g/mol. The van der Waals surface area contributed by atoms with Crippen LogP contribution in [0.15, 0.2) is 122 Å². The van der Waals surface area contributed by atoms with Crippen molar-refractivity contribution in [3.63, 3.8) is 0 Å². The number of hydrogen-bond acceptors (Lipinski definition) is 6. The molecule has 0 fully saturated rings. The molecule has 0 saturated carbocycles. The van der Waals surface area contributed by atoms with Crippen molar-refractivity contribution in [2.75, 3.05) is 13.2 Å². The second kappa shape index (κ2) is 63.3. The highest BCUT2D eigenvalue weighted by Gasteiger charge is 2.19. The molecule has 0 radical (unpaired) electrons. The molecule has 0 aliphatic rings. The molecule has 1 atom stereocenters. The Kier molecular flexibility index (Phi) is 59.9. The Morgan fingerprint density at radius 3 is 0.803 bits per heavy atom. The largest absolute Gasteiger partial charge is 0.462 e. The summed E-state index contributed by atoms with van der Waals surface area (Å²) in [6.45, 7) is 6.30. The molecule has 76 heavy (non-hydrogen) atoms. The average molecular weight is 1050 g/mol. The van der Waals surface area contributed by atoms with Crippen LogP contribution in [0.3, 0.4) is 0 Å². The Labute approximate surface area is 469 Å². The van der Waals surface area contributed by atoms with E-state index in [1.165, 1.54) is 148 Å². The molecule has 0 aromatic carbocycles. The summed E-state index contributed by atoms with van der Waals surface area (Å²) >= 11 is 0. The first-order chi connectivity index (χ1) is 37.5. The van der Waals surface area contributed by atoms with Crippen LogP contribution in [-0.4, -0.2) is 37.2 Å². The zero-order valence-electron chi connectivity index (χ0n) is 49.5. The fraction of sp³-hybridized carbons (Fsp3) is 0.671. The minimum atomic E-state index is -0.850. The zero-order valence-corrected chi connectivity index (χ0v) is 49.5. The first-order valence-corrected chi connectivity index (χ1v) is 31.5. The van der Waals surface area contributed by atoms with Crippen molar-refractivity contribution in [2.24, 2.45) is 0 Å². The number of carbonyl (C=O) groups excluding carboxylic acids is 3. The highest BCUT2D eigenvalue weighted by molar-refractivity contribution is 5.71. The Morgan fingerprint density at radius 2 is 0.513 bits per heavy atom. The third-order valence-electron chi connectivity index (χ3n) is 13.2. The lowest BCUT2D eigenvalue weighted by molar-refractivity contribution is -0.166. The maximum atomic E-state index is 12.8. The Bertz CT molecular complexity index is 1590. The van der Waals surface area contributed by atoms with E-state index in [0.29, 0.717) is 19.3 Å². The predicted octanol–water partition coefficient (Wildman–Crippen LogP) is 21.6. The molecule has 6 nitrogen and oxygen atoms in total. The number of rotatable bonds is 56. The first kappa shape index (κ1) is 71.8. The van der Waals surface area contributed by atoms with Crippen LogP contribution in [-0.2, 0) is 28.6 Å². The molecule has 0 aliphatic heterocycles. The highest BCUT2D eigenvalue weighted by Crippen LogP contribution is 2.17. The number of ether oxygens (including phenoxy) is 3. The van der Waals surface area contributed by atoms with Gasteiger partial charge in [0.25, 0.3) is 0 Å². The van der Waals surface area contributed by atoms with Crippen LogP contribution in [0.5, 0.6) is 0 Å². The third-order valence-corrected chi connectivity index (χ3v) is 13.2. The van der Waals surface area contributed by atoms with Crippen LogP contribution in [0, 0.1) is 0 Å². The van der Waals surface area contributed by atoms with Gasteiger partial charge in [0.15, 0.2) is 6.10 Å². The lowest BCUT2D eigenvalue weighted by Gasteiger charge is -2.18. The molecule has 1 unspecified atom stereocenters. The van der Waals surface area contributed by atoms with E-state index >= 15 is 0 Å². The average Bonchev–Trinajstić information content (AvgIpc) is 3.42. The monoisotopic (exact) mass is 1050 g/mol. The van der Waals surface area contributed by atoms with Crippen LogP contribution in [0.4, 0.5) is 0 Å². The van der Waals surface area contributed by atoms with Gasteiger partial charge in [-0.25, -0.2) is 0 Å². The number of carbonyl (C=O) groups is 3. The van der Waals surface area contributed by atoms with E-state index < -0.39 is 12.1 Å². The van der Waals surface area contributed by atoms with Gasteiger partial charge in [-0.1, -0.05) is 303 Å². The highest BCUT2D eigenvalue weighted by atomic mass is 16.6. The van der Waals surface area contributed by atoms with Crippen LogP contribution >= 0.6 is 0 Å². The maximum absolute atomic E-state index is 12.8. The van der Waals surface area contributed by atoms with Gasteiger partial charge in [0.05, 0.1) is 0 Å². The summed E-state index contributed by atoms with van der Waals surface area (Å²) in [4.78, 5) is 38.2. The van der Waals surface area contributed by atoms with Gasteiger partial charge in [-0.3, -0.25) is 14.4 Å². The predicted molar refractivity (Wildman–Crippen MR) is 330 cm³/mol. The number of esters is 3. The molecule has 0 saturated heterocycles. The van der Waals surface area contributed by atoms with E-state index in [0.717, 1.165) is 83.5 Å². The van der Waals surface area contributed by atoms with Crippen LogP contribution in [0.1, 0.15) is 284 Å². The van der Waals surface area contributed by atoms with Gasteiger partial charge in [-0.05, 0) is 83.5 Å². The van der Waals surface area contributed by atoms with Gasteiger partial charge in [0.1, 0.15) is 13.2 Å². The molecule has 0 N–H and O–H groups in total. The second-order valence-corrected chi connectivity index (χ2v) is 20.6. The molecule has 0 amide bonds. The molecule has 0 spiro atoms. The summed E-state index contributed by atoms with van der Waals surface area (Å²) in [7, 11) is 0. The van der Waals surface area contributed by atoms with Gasteiger partial charge in [0.2, 0.25) is 0 Å². The van der Waals surface area contributed by atoms with Crippen molar-refractivity contribution >= 4 is 17.9 Å². The minimum absolute atomic E-state index is 0.131. The lowest BCUT2D eigenvalue weighted by Crippen LogP contribution is -2.30. The van der Waals surface area contributed by atoms with Crippen molar-refractivity contribution < 1.29 is 28.6 Å². The molecular formula is C70H116O6. The van der Waals surface area contributed by atoms with Crippen LogP contribution < -0.4 is 0 Å². The minimum Gasteiger partial charge on any atom is -0.462 e. The summed E-state index contributed by atoms with van der Waals surface area (Å²) < 4.78 is 16.7. The van der Waals surface area contributed by atoms with Gasteiger partial charge in [-0.15, -0.1) is 0 Å². The normalized spacial score (nSPS) is 12.9. The number of hydrogen-bond donors (Lipinski definition) is 0. The van der Waals surface area contributed by atoms with Crippen molar-refractivity contribution in [1.82, 2.24) is 0 Å². The molecule has 0 bridgehead atoms. The fourth-order valence-corrected chi connectivity index (χ4v) is 8.60. The maximum Gasteiger partial charge on any atom is 0.306 e. The molecule has 0 rings (SSSR count). The third kappa shape index (κ3) is 60.7. The topological polar surface area (TPSA) is 78.9 Å². The van der Waals surface area contributed by atoms with Gasteiger partial charge in [0, 0.05) is 19.3 Å². The fourth-order valence-electron chi connectivity index (χ4n) is 8.60. The van der Waals surface area contributed by atoms with Crippen LogP contribution in [0.2, 0.25) is 0 Å². The van der Waals surface area contributed by atoms with Crippen LogP contribution in [0.25, 0.3) is 0 Å². The Balaban J connectivity index is 4.40. The van der Waals surface area contributed by atoms with Gasteiger partial charge in [-0.2, -0.15) is 0 Å². The van der Waals surface area contributed by atoms with E-state index in [2.05, 4.69) is 118 Å². The van der Waals surface area contributed by atoms with Gasteiger partial charge >= 0.3 is 17.9 Å². The summed E-state index contributed by atoms with van der Waals surface area (Å²) in [6.07, 6.45) is 88.2. The second-order valence-electron chi connectivity index (χ2n) is 20.6. The molecule has 432 valence electrons. The molecule has 6 heteroatoms. The van der Waals surface area contributed by atoms with Crippen molar-refractivity contribution in [3.8, 4) is 0 Å². The van der Waals surface area contributed by atoms with E-state index in [9.17, 15) is 14.4 Å². The smallest absolute Gasteiger partial charge is 0.306 e. The van der Waals surface area contributed by atoms with E-state index in [4.69, 9.17) is 14.2 Å². The van der Waals surface area contributed by atoms with E-state index in [-0.39, 0.29) is 38.0 Å². The standard InChI is InChI=1S/C70H116O6/c1-4-7-10-13-16-19-22-25-27-29-31-32-33-34-35-36-37-39-40-42-45-48-51-54-57-60-63-69(72)75-66-67(65-74-68(71)62-59-56-53-50-47-44-24-21-18-15-12-9-6-3)76-70(73)64-61-58-55-52-49-46-43-41-38-30-28-26-23-20-17-14-11-8-5-2/h8-9,11-12,17-18,20-21,26,28,38,41,44,46-47,49,53,55-56,58,67H,4-7,10,13-16,19,22-25,27,29-37,39-40,42-43,45,48,50-52,54,57,59-66H2,1-3H3/b11-8-,12-9-,20-17-,21-18-,28-26-,41-38-,47-44-,49-46-,56-53-,58-55-. The molecule has 0 aliphatic carbocycles.